The van der Waals surface area contributed by atoms with Crippen molar-refractivity contribution in [3.63, 3.8) is 0 Å². The van der Waals surface area contributed by atoms with Crippen LogP contribution in [0.5, 0.6) is 0 Å². The molecule has 0 saturated carbocycles. The minimum absolute atomic E-state index is 0.194. The molecule has 1 aromatic heterocycles. The van der Waals surface area contributed by atoms with E-state index in [0.717, 1.165) is 48.3 Å². The highest BCUT2D eigenvalue weighted by atomic mass is 19.1. The number of carbonyl (C=O) groups excluding carboxylic acids is 2. The molecular weight excluding hydrogens is 387 g/mol. The van der Waals surface area contributed by atoms with E-state index in [1.54, 1.807) is 12.1 Å². The van der Waals surface area contributed by atoms with E-state index in [1.807, 2.05) is 6.92 Å². The van der Waals surface area contributed by atoms with Gasteiger partial charge in [-0.2, -0.15) is 0 Å². The first-order valence-electron chi connectivity index (χ1n) is 10.1. The maximum Gasteiger partial charge on any atom is 0.259 e. The molecule has 2 amide bonds. The van der Waals surface area contributed by atoms with Gasteiger partial charge in [-0.3, -0.25) is 14.9 Å². The van der Waals surface area contributed by atoms with Crippen LogP contribution in [0.1, 0.15) is 57.7 Å². The molecule has 0 radical (unpaired) electrons. The summed E-state index contributed by atoms with van der Waals surface area (Å²) in [6.07, 6.45) is 2.21. The normalized spacial score (nSPS) is 16.9. The van der Waals surface area contributed by atoms with Crippen molar-refractivity contribution in [2.45, 2.75) is 32.1 Å². The Morgan fingerprint density at radius 3 is 2.73 bits per heavy atom. The maximum absolute atomic E-state index is 13.4. The number of nitrogens with one attached hydrogen (secondary N) is 1. The molecule has 8 heteroatoms. The second-order valence-electron chi connectivity index (χ2n) is 7.82. The number of nitrogen functional groups attached to an aromatic ring is 1. The van der Waals surface area contributed by atoms with Crippen LogP contribution in [0.25, 0.3) is 11.0 Å². The summed E-state index contributed by atoms with van der Waals surface area (Å²) in [5.74, 6) is -0.902. The van der Waals surface area contributed by atoms with Crippen LogP contribution in [0.3, 0.4) is 0 Å². The number of aromatic nitrogens is 1. The Labute approximate surface area is 172 Å². The van der Waals surface area contributed by atoms with E-state index < -0.39 is 0 Å². The second-order valence-corrected chi connectivity index (χ2v) is 7.82. The van der Waals surface area contributed by atoms with Gasteiger partial charge in [0.15, 0.2) is 5.58 Å². The lowest BCUT2D eigenvalue weighted by Crippen LogP contribution is -2.34. The monoisotopic (exact) mass is 408 g/mol. The van der Waals surface area contributed by atoms with Gasteiger partial charge in [0.2, 0.25) is 0 Å². The van der Waals surface area contributed by atoms with Gasteiger partial charge in [0.05, 0.1) is 28.2 Å². The van der Waals surface area contributed by atoms with Crippen molar-refractivity contribution in [2.24, 2.45) is 0 Å². The molecule has 1 saturated heterocycles. The first kappa shape index (κ1) is 18.6. The number of rotatable bonds is 3. The molecule has 154 valence electrons. The number of anilines is 2. The predicted molar refractivity (Wildman–Crippen MR) is 110 cm³/mol. The number of nitrogens with zero attached hydrogens (tertiary/aromatic N) is 2. The minimum atomic E-state index is -0.377. The van der Waals surface area contributed by atoms with Gasteiger partial charge in [0.25, 0.3) is 11.8 Å². The maximum atomic E-state index is 13.4. The quantitative estimate of drug-likeness (QED) is 0.509. The summed E-state index contributed by atoms with van der Waals surface area (Å²) in [7, 11) is 0. The Morgan fingerprint density at radius 2 is 2.00 bits per heavy atom. The van der Waals surface area contributed by atoms with Gasteiger partial charge in [0.1, 0.15) is 5.82 Å². The first-order chi connectivity index (χ1) is 14.5. The molecule has 0 unspecified atom stereocenters. The summed E-state index contributed by atoms with van der Waals surface area (Å²) in [5, 5.41) is 7.40. The molecule has 0 bridgehead atoms. The molecule has 7 nitrogen and oxygen atoms in total. The molecule has 3 heterocycles. The summed E-state index contributed by atoms with van der Waals surface area (Å²) >= 11 is 0. The molecule has 2 aliphatic rings. The van der Waals surface area contributed by atoms with E-state index in [4.69, 9.17) is 10.3 Å². The summed E-state index contributed by atoms with van der Waals surface area (Å²) in [6, 6.07) is 6.22. The van der Waals surface area contributed by atoms with Gasteiger partial charge in [0, 0.05) is 30.5 Å². The Bertz CT molecular complexity index is 1190. The molecule has 0 aliphatic carbocycles. The highest BCUT2D eigenvalue weighted by Crippen LogP contribution is 2.39. The fourth-order valence-electron chi connectivity index (χ4n) is 4.66. The number of imide groups is 1. The van der Waals surface area contributed by atoms with E-state index in [-0.39, 0.29) is 23.5 Å². The molecule has 3 aromatic rings. The zero-order valence-electron chi connectivity index (χ0n) is 16.5. The number of halogens is 1. The lowest BCUT2D eigenvalue weighted by atomic mass is 9.90. The van der Waals surface area contributed by atoms with Crippen molar-refractivity contribution >= 4 is 34.2 Å². The van der Waals surface area contributed by atoms with Gasteiger partial charge < -0.3 is 15.2 Å². The van der Waals surface area contributed by atoms with Crippen LogP contribution in [-0.4, -0.2) is 30.1 Å². The van der Waals surface area contributed by atoms with Gasteiger partial charge in [-0.05, 0) is 43.0 Å². The predicted octanol–water partition coefficient (Wildman–Crippen LogP) is 3.38. The Hall–Kier alpha value is -3.42. The molecule has 3 N–H and O–H groups in total. The van der Waals surface area contributed by atoms with Crippen molar-refractivity contribution in [2.75, 3.05) is 23.7 Å². The van der Waals surface area contributed by atoms with Crippen molar-refractivity contribution in [1.82, 2.24) is 10.5 Å². The highest BCUT2D eigenvalue weighted by molar-refractivity contribution is 6.23. The third kappa shape index (κ3) is 2.74. The summed E-state index contributed by atoms with van der Waals surface area (Å²) in [6.45, 7) is 3.38. The third-order valence-corrected chi connectivity index (χ3v) is 6.19. The first-order valence-corrected chi connectivity index (χ1v) is 10.1. The highest BCUT2D eigenvalue weighted by Gasteiger charge is 2.33. The van der Waals surface area contributed by atoms with Gasteiger partial charge >= 0.3 is 0 Å². The van der Waals surface area contributed by atoms with E-state index in [2.05, 4.69) is 15.4 Å². The van der Waals surface area contributed by atoms with Crippen LogP contribution in [0.2, 0.25) is 0 Å². The van der Waals surface area contributed by atoms with E-state index in [0.29, 0.717) is 28.8 Å². The average molecular weight is 408 g/mol. The standard InChI is InChI=1S/C22H21FN4O3/c1-2-13-18-15(21(28)25-22(18)29)10-16(19(13)24)27-7-5-11(6-8-27)20-14-4-3-12(23)9-17(14)30-26-20/h3-4,9-11H,2,5-8,24H2,1H3,(H,25,28,29). The second kappa shape index (κ2) is 6.83. The number of hydrogen-bond donors (Lipinski definition) is 2. The number of hydrogen-bond acceptors (Lipinski definition) is 6. The average Bonchev–Trinajstić information content (AvgIpc) is 3.28. The molecule has 2 aliphatic heterocycles. The van der Waals surface area contributed by atoms with Crippen LogP contribution in [-0.2, 0) is 6.42 Å². The number of fused-ring (bicyclic) bond motifs is 2. The van der Waals surface area contributed by atoms with Crippen LogP contribution in [0.4, 0.5) is 15.8 Å². The van der Waals surface area contributed by atoms with Crippen LogP contribution < -0.4 is 16.0 Å². The smallest absolute Gasteiger partial charge is 0.259 e. The summed E-state index contributed by atoms with van der Waals surface area (Å²) in [5.41, 5.74) is 10.6. The van der Waals surface area contributed by atoms with Crippen molar-refractivity contribution in [1.29, 1.82) is 0 Å². The fraction of sp³-hybridized carbons (Fsp3) is 0.318. The Kier molecular flexibility index (Phi) is 4.23. The fourth-order valence-corrected chi connectivity index (χ4v) is 4.66. The molecule has 0 spiro atoms. The zero-order valence-corrected chi connectivity index (χ0v) is 16.5. The van der Waals surface area contributed by atoms with Gasteiger partial charge in [-0.15, -0.1) is 0 Å². The largest absolute Gasteiger partial charge is 0.397 e. The zero-order chi connectivity index (χ0) is 21.0. The van der Waals surface area contributed by atoms with Crippen LogP contribution in [0.15, 0.2) is 28.8 Å². The van der Waals surface area contributed by atoms with E-state index in [1.165, 1.54) is 12.1 Å². The third-order valence-electron chi connectivity index (χ3n) is 6.19. The molecule has 2 aromatic carbocycles. The minimum Gasteiger partial charge on any atom is -0.397 e. The number of carbonyl (C=O) groups is 2. The van der Waals surface area contributed by atoms with Crippen molar-refractivity contribution in [3.8, 4) is 0 Å². The van der Waals surface area contributed by atoms with Crippen molar-refractivity contribution < 1.29 is 18.5 Å². The number of amides is 2. The summed E-state index contributed by atoms with van der Waals surface area (Å²) in [4.78, 5) is 26.5. The van der Waals surface area contributed by atoms with Gasteiger partial charge in [-0.25, -0.2) is 4.39 Å². The SMILES string of the molecule is CCc1c(N)c(N2CCC(c3noc4cc(F)ccc34)CC2)cc2c1C(=O)NC2=O. The van der Waals surface area contributed by atoms with Crippen LogP contribution >= 0.6 is 0 Å². The molecular formula is C22H21FN4O3. The number of benzene rings is 2. The topological polar surface area (TPSA) is 101 Å². The van der Waals surface area contributed by atoms with Crippen LogP contribution in [0, 0.1) is 5.82 Å². The van der Waals surface area contributed by atoms with Crippen molar-refractivity contribution in [3.05, 3.63) is 52.5 Å². The number of nitrogens with two attached hydrogens (primary N) is 1. The molecule has 5 rings (SSSR count). The van der Waals surface area contributed by atoms with Gasteiger partial charge in [-0.1, -0.05) is 12.1 Å². The lowest BCUT2D eigenvalue weighted by Gasteiger charge is -2.34. The lowest BCUT2D eigenvalue weighted by molar-refractivity contribution is 0.0879. The van der Waals surface area contributed by atoms with E-state index in [9.17, 15) is 14.0 Å². The molecule has 0 atom stereocenters. The Balaban J connectivity index is 1.43. The number of piperidine rings is 1. The molecule has 30 heavy (non-hydrogen) atoms. The summed E-state index contributed by atoms with van der Waals surface area (Å²) < 4.78 is 18.7. The molecule has 1 fully saturated rings. The van der Waals surface area contributed by atoms with E-state index >= 15 is 0 Å². The Morgan fingerprint density at radius 1 is 1.23 bits per heavy atom.